The Bertz CT molecular complexity index is 392. The topological polar surface area (TPSA) is 43.4 Å². The molecule has 0 N–H and O–H groups in total. The van der Waals surface area contributed by atoms with Crippen LogP contribution in [0.5, 0.6) is 0 Å². The van der Waals surface area contributed by atoms with Crippen molar-refractivity contribution in [3.05, 3.63) is 41.0 Å². The van der Waals surface area contributed by atoms with Crippen LogP contribution < -0.4 is 0 Å². The van der Waals surface area contributed by atoms with E-state index in [9.17, 15) is 18.4 Å². The van der Waals surface area contributed by atoms with Gasteiger partial charge in [-0.25, -0.2) is 8.78 Å². The van der Waals surface area contributed by atoms with Gasteiger partial charge >= 0.3 is 0 Å². The molecule has 0 fully saturated rings. The first-order valence-corrected chi connectivity index (χ1v) is 5.56. The van der Waals surface area contributed by atoms with Gasteiger partial charge in [0, 0.05) is 14.2 Å². The molecule has 0 aliphatic heterocycles. The molecular formula is C14H18F2O3. The van der Waals surface area contributed by atoms with Crippen LogP contribution in [0.25, 0.3) is 6.08 Å². The smallest absolute Gasteiger partial charge is 0.155 e. The van der Waals surface area contributed by atoms with Crippen molar-refractivity contribution in [1.29, 1.82) is 0 Å². The largest absolute Gasteiger partial charge is 0.388 e. The lowest BCUT2D eigenvalue weighted by atomic mass is 10.1. The second-order valence-corrected chi connectivity index (χ2v) is 2.92. The third kappa shape index (κ3) is 7.94. The molecule has 0 saturated carbocycles. The standard InChI is InChI=1S/C10H6F2O2.C2H6O.C2H6/c11-9-4-7(2-1-3-13)5-10(12)8(9)6-14;1-3-2;1-2/h1-6H;1-2H3;1-2H3/b2-1+;;. The van der Waals surface area contributed by atoms with Gasteiger partial charge in [0.15, 0.2) is 6.29 Å². The van der Waals surface area contributed by atoms with E-state index >= 15 is 0 Å². The lowest BCUT2D eigenvalue weighted by Crippen LogP contribution is -1.94. The Hall–Kier alpha value is -1.88. The number of carbonyl (C=O) groups is 2. The van der Waals surface area contributed by atoms with Crippen LogP contribution in [0.1, 0.15) is 29.8 Å². The van der Waals surface area contributed by atoms with E-state index in [0.29, 0.717) is 6.29 Å². The summed E-state index contributed by atoms with van der Waals surface area (Å²) < 4.78 is 30.1. The Morgan fingerprint density at radius 3 is 1.79 bits per heavy atom. The molecule has 0 saturated heterocycles. The number of benzene rings is 1. The fourth-order valence-corrected chi connectivity index (χ4v) is 0.963. The molecular weight excluding hydrogens is 254 g/mol. The quantitative estimate of drug-likeness (QED) is 0.626. The molecule has 0 aliphatic carbocycles. The molecule has 1 aromatic rings. The minimum atomic E-state index is -0.939. The highest BCUT2D eigenvalue weighted by molar-refractivity contribution is 5.78. The summed E-state index contributed by atoms with van der Waals surface area (Å²) in [6, 6.07) is 1.96. The molecule has 0 aliphatic rings. The summed E-state index contributed by atoms with van der Waals surface area (Å²) in [6.45, 7) is 4.00. The maximum Gasteiger partial charge on any atom is 0.155 e. The Morgan fingerprint density at radius 1 is 1.05 bits per heavy atom. The van der Waals surface area contributed by atoms with Gasteiger partial charge in [0.05, 0.1) is 5.56 Å². The number of hydrogen-bond donors (Lipinski definition) is 0. The summed E-state index contributed by atoms with van der Waals surface area (Å²) in [7, 11) is 3.25. The fourth-order valence-electron chi connectivity index (χ4n) is 0.963. The first kappa shape index (κ1) is 19.5. The van der Waals surface area contributed by atoms with E-state index in [1.54, 1.807) is 14.2 Å². The van der Waals surface area contributed by atoms with Crippen LogP contribution in [0.2, 0.25) is 0 Å². The molecule has 1 aromatic carbocycles. The zero-order chi connectivity index (χ0) is 15.3. The Labute approximate surface area is 111 Å². The van der Waals surface area contributed by atoms with Gasteiger partial charge < -0.3 is 4.74 Å². The number of hydrogen-bond acceptors (Lipinski definition) is 3. The van der Waals surface area contributed by atoms with E-state index in [4.69, 9.17) is 0 Å². The average Bonchev–Trinajstić information content (AvgIpc) is 2.39. The third-order valence-corrected chi connectivity index (χ3v) is 1.59. The molecule has 0 unspecified atom stereocenters. The summed E-state index contributed by atoms with van der Waals surface area (Å²) in [6.07, 6.45) is 2.95. The van der Waals surface area contributed by atoms with Gasteiger partial charge in [0.1, 0.15) is 17.9 Å². The normalized spacial score (nSPS) is 8.95. The van der Waals surface area contributed by atoms with Crippen LogP contribution in [0.4, 0.5) is 8.78 Å². The van der Waals surface area contributed by atoms with Gasteiger partial charge in [-0.15, -0.1) is 0 Å². The van der Waals surface area contributed by atoms with Crippen molar-refractivity contribution in [1.82, 2.24) is 0 Å². The van der Waals surface area contributed by atoms with E-state index in [1.807, 2.05) is 13.8 Å². The Morgan fingerprint density at radius 2 is 1.47 bits per heavy atom. The SMILES string of the molecule is CC.COC.O=C/C=C/c1cc(F)c(C=O)c(F)c1. The number of aldehydes is 2. The van der Waals surface area contributed by atoms with E-state index in [2.05, 4.69) is 4.74 Å². The molecule has 3 nitrogen and oxygen atoms in total. The zero-order valence-corrected chi connectivity index (χ0v) is 11.4. The first-order chi connectivity index (χ1) is 9.10. The van der Waals surface area contributed by atoms with Crippen LogP contribution in [0, 0.1) is 11.6 Å². The lowest BCUT2D eigenvalue weighted by Gasteiger charge is -1.98. The molecule has 1 rings (SSSR count). The number of allylic oxidation sites excluding steroid dienone is 1. The van der Waals surface area contributed by atoms with Crippen molar-refractivity contribution >= 4 is 18.6 Å². The van der Waals surface area contributed by atoms with E-state index in [0.717, 1.165) is 18.2 Å². The molecule has 0 aromatic heterocycles. The lowest BCUT2D eigenvalue weighted by molar-refractivity contribution is -0.104. The molecule has 0 spiro atoms. The monoisotopic (exact) mass is 272 g/mol. The number of rotatable bonds is 3. The van der Waals surface area contributed by atoms with Crippen molar-refractivity contribution in [2.24, 2.45) is 0 Å². The highest BCUT2D eigenvalue weighted by Crippen LogP contribution is 2.14. The Balaban J connectivity index is 0. The zero-order valence-electron chi connectivity index (χ0n) is 11.4. The van der Waals surface area contributed by atoms with E-state index < -0.39 is 17.2 Å². The van der Waals surface area contributed by atoms with Crippen LogP contribution >= 0.6 is 0 Å². The molecule has 19 heavy (non-hydrogen) atoms. The molecule has 0 atom stereocenters. The second-order valence-electron chi connectivity index (χ2n) is 2.92. The summed E-state index contributed by atoms with van der Waals surface area (Å²) in [4.78, 5) is 20.2. The average molecular weight is 272 g/mol. The van der Waals surface area contributed by atoms with Crippen molar-refractivity contribution < 1.29 is 23.1 Å². The van der Waals surface area contributed by atoms with Gasteiger partial charge in [0.25, 0.3) is 0 Å². The van der Waals surface area contributed by atoms with Crippen LogP contribution in [-0.2, 0) is 9.53 Å². The maximum absolute atomic E-state index is 12.9. The van der Waals surface area contributed by atoms with Crippen LogP contribution in [0.15, 0.2) is 18.2 Å². The predicted molar refractivity (Wildman–Crippen MR) is 71.1 cm³/mol. The minimum absolute atomic E-state index is 0.109. The summed E-state index contributed by atoms with van der Waals surface area (Å²) >= 11 is 0. The van der Waals surface area contributed by atoms with Gasteiger partial charge in [-0.2, -0.15) is 0 Å². The second kappa shape index (κ2) is 12.6. The predicted octanol–water partition coefficient (Wildman–Crippen LogP) is 3.28. The molecule has 0 heterocycles. The highest BCUT2D eigenvalue weighted by atomic mass is 19.1. The van der Waals surface area contributed by atoms with Crippen LogP contribution in [0.3, 0.4) is 0 Å². The first-order valence-electron chi connectivity index (χ1n) is 5.56. The minimum Gasteiger partial charge on any atom is -0.388 e. The summed E-state index contributed by atoms with van der Waals surface area (Å²) in [5.74, 6) is -1.88. The molecule has 0 radical (unpaired) electrons. The van der Waals surface area contributed by atoms with Gasteiger partial charge in [0.2, 0.25) is 0 Å². The third-order valence-electron chi connectivity index (χ3n) is 1.59. The summed E-state index contributed by atoms with van der Waals surface area (Å²) in [5.41, 5.74) is -0.411. The van der Waals surface area contributed by atoms with Gasteiger partial charge in [-0.3, -0.25) is 9.59 Å². The van der Waals surface area contributed by atoms with E-state index in [1.165, 1.54) is 6.08 Å². The maximum atomic E-state index is 12.9. The number of carbonyl (C=O) groups excluding carboxylic acids is 2. The molecule has 5 heteroatoms. The van der Waals surface area contributed by atoms with Crippen LogP contribution in [-0.4, -0.2) is 26.8 Å². The van der Waals surface area contributed by atoms with Crippen molar-refractivity contribution in [2.45, 2.75) is 13.8 Å². The number of methoxy groups -OCH3 is 1. The fraction of sp³-hybridized carbons (Fsp3) is 0.286. The van der Waals surface area contributed by atoms with E-state index in [-0.39, 0.29) is 11.8 Å². The van der Waals surface area contributed by atoms with Gasteiger partial charge in [-0.05, 0) is 23.8 Å². The molecule has 0 bridgehead atoms. The molecule has 106 valence electrons. The van der Waals surface area contributed by atoms with Crippen molar-refractivity contribution in [2.75, 3.05) is 14.2 Å². The Kier molecular flexibility index (Phi) is 12.9. The number of ether oxygens (including phenoxy) is 1. The molecule has 0 amide bonds. The van der Waals surface area contributed by atoms with Crippen molar-refractivity contribution in [3.8, 4) is 0 Å². The van der Waals surface area contributed by atoms with Gasteiger partial charge in [-0.1, -0.05) is 19.9 Å². The highest BCUT2D eigenvalue weighted by Gasteiger charge is 2.08. The van der Waals surface area contributed by atoms with Crippen molar-refractivity contribution in [3.63, 3.8) is 0 Å². The number of halogens is 2. The summed E-state index contributed by atoms with van der Waals surface area (Å²) in [5, 5.41) is 0.